The van der Waals surface area contributed by atoms with Crippen molar-refractivity contribution in [2.45, 2.75) is 6.54 Å². The van der Waals surface area contributed by atoms with Gasteiger partial charge in [0.05, 0.1) is 19.3 Å². The van der Waals surface area contributed by atoms with E-state index in [4.69, 9.17) is 10.5 Å². The number of ether oxygens (including phenoxy) is 1. The van der Waals surface area contributed by atoms with E-state index >= 15 is 0 Å². The molecule has 0 bridgehead atoms. The third-order valence-electron chi connectivity index (χ3n) is 3.68. The molecule has 3 rings (SSSR count). The second-order valence-corrected chi connectivity index (χ2v) is 5.47. The largest absolute Gasteiger partial charge is 0.497 e. The van der Waals surface area contributed by atoms with Gasteiger partial charge >= 0.3 is 0 Å². The van der Waals surface area contributed by atoms with E-state index < -0.39 is 0 Å². The fourth-order valence-electron chi connectivity index (χ4n) is 2.40. The molecule has 0 aliphatic heterocycles. The summed E-state index contributed by atoms with van der Waals surface area (Å²) in [6, 6.07) is 21.5. The minimum atomic E-state index is 0.369. The molecule has 1 aromatic heterocycles. The molecule has 5 nitrogen and oxygen atoms in total. The first-order chi connectivity index (χ1) is 12.2. The van der Waals surface area contributed by atoms with E-state index in [1.54, 1.807) is 13.3 Å². The Morgan fingerprint density at radius 2 is 1.92 bits per heavy atom. The molecule has 0 aliphatic carbocycles. The second kappa shape index (κ2) is 7.97. The van der Waals surface area contributed by atoms with E-state index in [0.717, 1.165) is 28.3 Å². The van der Waals surface area contributed by atoms with Gasteiger partial charge in [0.1, 0.15) is 5.75 Å². The van der Waals surface area contributed by atoms with Crippen LogP contribution in [0, 0.1) is 0 Å². The fraction of sp³-hybridized carbons (Fsp3) is 0.100. The minimum absolute atomic E-state index is 0.369. The molecule has 0 aliphatic rings. The highest BCUT2D eigenvalue weighted by Gasteiger charge is 2.01. The number of hydrogen-bond donors (Lipinski definition) is 2. The normalized spacial score (nSPS) is 11.2. The van der Waals surface area contributed by atoms with Gasteiger partial charge in [-0.3, -0.25) is 4.98 Å². The van der Waals surface area contributed by atoms with E-state index in [1.807, 2.05) is 60.7 Å². The van der Waals surface area contributed by atoms with Crippen LogP contribution < -0.4 is 15.8 Å². The highest BCUT2D eigenvalue weighted by molar-refractivity contribution is 5.92. The van der Waals surface area contributed by atoms with Crippen LogP contribution in [0.25, 0.3) is 11.3 Å². The predicted molar refractivity (Wildman–Crippen MR) is 102 cm³/mol. The molecule has 5 heteroatoms. The van der Waals surface area contributed by atoms with Crippen LogP contribution in [0.2, 0.25) is 0 Å². The van der Waals surface area contributed by atoms with Gasteiger partial charge in [-0.1, -0.05) is 24.3 Å². The van der Waals surface area contributed by atoms with Gasteiger partial charge in [0.2, 0.25) is 0 Å². The summed E-state index contributed by atoms with van der Waals surface area (Å²) < 4.78 is 5.13. The number of nitrogens with zero attached hydrogens (tertiary/aromatic N) is 2. The Morgan fingerprint density at radius 1 is 1.08 bits per heavy atom. The summed E-state index contributed by atoms with van der Waals surface area (Å²) in [7, 11) is 1.64. The molecule has 25 heavy (non-hydrogen) atoms. The lowest BCUT2D eigenvalue weighted by atomic mass is 10.1. The van der Waals surface area contributed by atoms with Gasteiger partial charge in [0, 0.05) is 17.4 Å². The van der Waals surface area contributed by atoms with Crippen molar-refractivity contribution >= 4 is 11.6 Å². The lowest BCUT2D eigenvalue weighted by Crippen LogP contribution is -2.22. The molecule has 0 atom stereocenters. The van der Waals surface area contributed by atoms with E-state index in [1.165, 1.54) is 0 Å². The van der Waals surface area contributed by atoms with Gasteiger partial charge < -0.3 is 15.8 Å². The van der Waals surface area contributed by atoms with E-state index in [2.05, 4.69) is 21.4 Å². The molecule has 0 unspecified atom stereocenters. The zero-order valence-corrected chi connectivity index (χ0v) is 14.0. The highest BCUT2D eigenvalue weighted by atomic mass is 16.5. The number of hydrogen-bond acceptors (Lipinski definition) is 3. The van der Waals surface area contributed by atoms with Crippen LogP contribution in [-0.2, 0) is 6.54 Å². The molecule has 0 fully saturated rings. The highest BCUT2D eigenvalue weighted by Crippen LogP contribution is 2.18. The third kappa shape index (κ3) is 4.57. The summed E-state index contributed by atoms with van der Waals surface area (Å²) in [5.41, 5.74) is 9.91. The minimum Gasteiger partial charge on any atom is -0.497 e. The number of nitrogens with one attached hydrogen (secondary N) is 1. The van der Waals surface area contributed by atoms with E-state index in [-0.39, 0.29) is 0 Å². The molecule has 2 aromatic carbocycles. The summed E-state index contributed by atoms with van der Waals surface area (Å²) >= 11 is 0. The monoisotopic (exact) mass is 332 g/mol. The molecule has 0 saturated carbocycles. The number of anilines is 1. The molecule has 3 aromatic rings. The van der Waals surface area contributed by atoms with Gasteiger partial charge in [0.15, 0.2) is 5.96 Å². The third-order valence-corrected chi connectivity index (χ3v) is 3.68. The summed E-state index contributed by atoms with van der Waals surface area (Å²) in [5.74, 6) is 1.17. The van der Waals surface area contributed by atoms with Crippen LogP contribution in [-0.4, -0.2) is 18.1 Å². The first-order valence-corrected chi connectivity index (χ1v) is 7.96. The maximum Gasteiger partial charge on any atom is 0.193 e. The van der Waals surface area contributed by atoms with E-state index in [0.29, 0.717) is 12.5 Å². The molecule has 1 heterocycles. The quantitative estimate of drug-likeness (QED) is 0.552. The molecule has 0 spiro atoms. The van der Waals surface area contributed by atoms with Crippen molar-refractivity contribution in [3.8, 4) is 17.0 Å². The average molecular weight is 332 g/mol. The smallest absolute Gasteiger partial charge is 0.193 e. The second-order valence-electron chi connectivity index (χ2n) is 5.47. The summed E-state index contributed by atoms with van der Waals surface area (Å²) in [6.07, 6.45) is 1.79. The molecule has 0 saturated heterocycles. The van der Waals surface area contributed by atoms with Gasteiger partial charge in [-0.25, -0.2) is 4.99 Å². The van der Waals surface area contributed by atoms with Crippen LogP contribution in [0.5, 0.6) is 5.75 Å². The molecule has 3 N–H and O–H groups in total. The number of guanidine groups is 1. The topological polar surface area (TPSA) is 72.5 Å². The van der Waals surface area contributed by atoms with Gasteiger partial charge in [0.25, 0.3) is 0 Å². The van der Waals surface area contributed by atoms with Crippen LogP contribution in [0.15, 0.2) is 77.9 Å². The number of methoxy groups -OCH3 is 1. The summed E-state index contributed by atoms with van der Waals surface area (Å²) in [6.45, 7) is 0.496. The number of nitrogens with two attached hydrogens (primary N) is 1. The number of aromatic nitrogens is 1. The zero-order valence-electron chi connectivity index (χ0n) is 14.0. The molecule has 0 radical (unpaired) electrons. The number of aliphatic imine (C=N–C) groups is 1. The Bertz CT molecular complexity index is 845. The Hall–Kier alpha value is -3.34. The summed E-state index contributed by atoms with van der Waals surface area (Å²) in [4.78, 5) is 8.77. The Labute approximate surface area is 147 Å². The Balaban J connectivity index is 1.66. The SMILES string of the molecule is COc1ccc(NC(N)=NCc2cccc(-c3ccccn3)c2)cc1. The maximum atomic E-state index is 5.97. The predicted octanol–water partition coefficient (Wildman–Crippen LogP) is 3.68. The summed E-state index contributed by atoms with van der Waals surface area (Å²) in [5, 5.41) is 3.07. The Morgan fingerprint density at radius 3 is 2.64 bits per heavy atom. The molecular weight excluding hydrogens is 312 g/mol. The number of benzene rings is 2. The fourth-order valence-corrected chi connectivity index (χ4v) is 2.40. The number of rotatable bonds is 5. The van der Waals surface area contributed by atoms with Crippen LogP contribution in [0.4, 0.5) is 5.69 Å². The molecule has 0 amide bonds. The van der Waals surface area contributed by atoms with Crippen LogP contribution in [0.1, 0.15) is 5.56 Å². The van der Waals surface area contributed by atoms with Crippen LogP contribution >= 0.6 is 0 Å². The lowest BCUT2D eigenvalue weighted by molar-refractivity contribution is 0.415. The van der Waals surface area contributed by atoms with Gasteiger partial charge in [-0.2, -0.15) is 0 Å². The van der Waals surface area contributed by atoms with Crippen molar-refractivity contribution in [3.05, 3.63) is 78.5 Å². The van der Waals surface area contributed by atoms with Crippen molar-refractivity contribution in [3.63, 3.8) is 0 Å². The first kappa shape index (κ1) is 16.5. The first-order valence-electron chi connectivity index (χ1n) is 7.96. The standard InChI is InChI=1S/C20H20N4O/c1-25-18-10-8-17(9-11-18)24-20(21)23-14-15-5-4-6-16(13-15)19-7-2-3-12-22-19/h2-13H,14H2,1H3,(H3,21,23,24). The van der Waals surface area contributed by atoms with Crippen molar-refractivity contribution < 1.29 is 4.74 Å². The van der Waals surface area contributed by atoms with Crippen molar-refractivity contribution in [1.82, 2.24) is 4.98 Å². The lowest BCUT2D eigenvalue weighted by Gasteiger charge is -2.07. The van der Waals surface area contributed by atoms with Crippen molar-refractivity contribution in [1.29, 1.82) is 0 Å². The average Bonchev–Trinajstić information content (AvgIpc) is 2.68. The van der Waals surface area contributed by atoms with E-state index in [9.17, 15) is 0 Å². The maximum absolute atomic E-state index is 5.97. The van der Waals surface area contributed by atoms with Crippen molar-refractivity contribution in [2.24, 2.45) is 10.7 Å². The zero-order chi connectivity index (χ0) is 17.5. The van der Waals surface area contributed by atoms with Crippen molar-refractivity contribution in [2.75, 3.05) is 12.4 Å². The van der Waals surface area contributed by atoms with Crippen LogP contribution in [0.3, 0.4) is 0 Å². The molecule has 126 valence electrons. The van der Waals surface area contributed by atoms with Gasteiger partial charge in [-0.15, -0.1) is 0 Å². The van der Waals surface area contributed by atoms with Gasteiger partial charge in [-0.05, 0) is 48.0 Å². The Kier molecular flexibility index (Phi) is 5.26. The molecular formula is C20H20N4O. The number of pyridine rings is 1.